The zero-order valence-electron chi connectivity index (χ0n) is 15.2. The van der Waals surface area contributed by atoms with Crippen LogP contribution in [0.5, 0.6) is 0 Å². The van der Waals surface area contributed by atoms with E-state index in [-0.39, 0.29) is 0 Å². The van der Waals surface area contributed by atoms with Crippen molar-refractivity contribution in [2.45, 2.75) is 76.5 Å². The molecule has 2 saturated heterocycles. The maximum Gasteiger partial charge on any atom is 0.335 e. The normalized spacial score (nSPS) is 27.7. The molecule has 0 saturated carbocycles. The standard InChI is InChI=1S/C21H31NO3/c1-2-3-4-5-6-13-22-20-17(18-11-12-19(20)25-18)14-15-7-9-16(10-8-15)21(23)24/h7-10,17-20,22H,2-6,11-14H2,1H3,(H,23,24)/t17-,18+,19-,20-/m0/s1. The van der Waals surface area contributed by atoms with Crippen LogP contribution in [-0.4, -0.2) is 35.9 Å². The van der Waals surface area contributed by atoms with E-state index in [2.05, 4.69) is 12.2 Å². The number of carbonyl (C=O) groups is 1. The molecule has 0 radical (unpaired) electrons. The van der Waals surface area contributed by atoms with Crippen LogP contribution in [0.4, 0.5) is 0 Å². The minimum absolute atomic E-state index is 0.356. The van der Waals surface area contributed by atoms with Crippen LogP contribution in [0.3, 0.4) is 0 Å². The van der Waals surface area contributed by atoms with Crippen molar-refractivity contribution < 1.29 is 14.6 Å². The highest BCUT2D eigenvalue weighted by Crippen LogP contribution is 2.40. The van der Waals surface area contributed by atoms with Crippen molar-refractivity contribution >= 4 is 5.97 Å². The number of hydrogen-bond donors (Lipinski definition) is 2. The quantitative estimate of drug-likeness (QED) is 0.629. The van der Waals surface area contributed by atoms with Crippen molar-refractivity contribution in [1.82, 2.24) is 5.32 Å². The number of aromatic carboxylic acids is 1. The van der Waals surface area contributed by atoms with E-state index < -0.39 is 5.97 Å². The van der Waals surface area contributed by atoms with Crippen molar-refractivity contribution in [1.29, 1.82) is 0 Å². The Balaban J connectivity index is 1.52. The molecule has 0 aromatic heterocycles. The molecule has 2 fully saturated rings. The average Bonchev–Trinajstić information content (AvgIpc) is 3.21. The zero-order chi connectivity index (χ0) is 17.6. The van der Waals surface area contributed by atoms with Gasteiger partial charge in [-0.15, -0.1) is 0 Å². The van der Waals surface area contributed by atoms with Crippen molar-refractivity contribution in [3.05, 3.63) is 35.4 Å². The molecular formula is C21H31NO3. The van der Waals surface area contributed by atoms with Crippen LogP contribution in [-0.2, 0) is 11.2 Å². The minimum atomic E-state index is -0.863. The van der Waals surface area contributed by atoms with Crippen molar-refractivity contribution in [2.24, 2.45) is 5.92 Å². The number of ether oxygens (including phenoxy) is 1. The number of rotatable bonds is 10. The van der Waals surface area contributed by atoms with E-state index in [4.69, 9.17) is 9.84 Å². The first-order valence-electron chi connectivity index (χ1n) is 9.90. The summed E-state index contributed by atoms with van der Waals surface area (Å²) >= 11 is 0. The highest BCUT2D eigenvalue weighted by atomic mass is 16.5. The number of hydrogen-bond acceptors (Lipinski definition) is 3. The first-order valence-corrected chi connectivity index (χ1v) is 9.90. The molecule has 4 heteroatoms. The zero-order valence-corrected chi connectivity index (χ0v) is 15.2. The third-order valence-corrected chi connectivity index (χ3v) is 5.76. The van der Waals surface area contributed by atoms with Gasteiger partial charge >= 0.3 is 5.97 Å². The summed E-state index contributed by atoms with van der Waals surface area (Å²) in [5, 5.41) is 12.8. The molecule has 4 nitrogen and oxygen atoms in total. The van der Waals surface area contributed by atoms with E-state index in [1.54, 1.807) is 12.1 Å². The van der Waals surface area contributed by atoms with E-state index in [9.17, 15) is 4.79 Å². The molecule has 0 aliphatic carbocycles. The Kier molecular flexibility index (Phi) is 6.49. The number of carboxylic acids is 1. The summed E-state index contributed by atoms with van der Waals surface area (Å²) in [6.45, 7) is 3.33. The predicted molar refractivity (Wildman–Crippen MR) is 99.0 cm³/mol. The van der Waals surface area contributed by atoms with Crippen molar-refractivity contribution in [2.75, 3.05) is 6.54 Å². The van der Waals surface area contributed by atoms with Crippen LogP contribution in [0.15, 0.2) is 24.3 Å². The maximum atomic E-state index is 11.0. The largest absolute Gasteiger partial charge is 0.478 e. The maximum absolute atomic E-state index is 11.0. The average molecular weight is 345 g/mol. The molecule has 1 aromatic carbocycles. The molecule has 138 valence electrons. The van der Waals surface area contributed by atoms with Gasteiger partial charge in [0, 0.05) is 12.0 Å². The van der Waals surface area contributed by atoms with E-state index in [0.29, 0.717) is 29.7 Å². The van der Waals surface area contributed by atoms with Gasteiger partial charge < -0.3 is 15.2 Å². The van der Waals surface area contributed by atoms with Crippen LogP contribution in [0.1, 0.15) is 67.8 Å². The number of unbranched alkanes of at least 4 members (excludes halogenated alkanes) is 4. The van der Waals surface area contributed by atoms with Gasteiger partial charge in [0.1, 0.15) is 0 Å². The lowest BCUT2D eigenvalue weighted by Crippen LogP contribution is -2.45. The van der Waals surface area contributed by atoms with Crippen LogP contribution in [0.25, 0.3) is 0 Å². The molecule has 2 aliphatic heterocycles. The fraction of sp³-hybridized carbons (Fsp3) is 0.667. The van der Waals surface area contributed by atoms with Gasteiger partial charge in [-0.25, -0.2) is 4.79 Å². The Hall–Kier alpha value is -1.39. The Morgan fingerprint density at radius 1 is 1.12 bits per heavy atom. The number of nitrogens with one attached hydrogen (secondary N) is 1. The van der Waals surface area contributed by atoms with Crippen LogP contribution in [0, 0.1) is 5.92 Å². The molecule has 2 heterocycles. The number of benzene rings is 1. The molecular weight excluding hydrogens is 314 g/mol. The van der Waals surface area contributed by atoms with Gasteiger partial charge in [-0.05, 0) is 49.9 Å². The Morgan fingerprint density at radius 3 is 2.56 bits per heavy atom. The second-order valence-electron chi connectivity index (χ2n) is 7.55. The topological polar surface area (TPSA) is 58.6 Å². The fourth-order valence-corrected chi connectivity index (χ4v) is 4.37. The Bertz CT molecular complexity index is 557. The van der Waals surface area contributed by atoms with Crippen LogP contribution in [0.2, 0.25) is 0 Å². The van der Waals surface area contributed by atoms with Gasteiger partial charge in [0.2, 0.25) is 0 Å². The SMILES string of the molecule is CCCCCCCN[C@H]1[C@@H](Cc2ccc(C(=O)O)cc2)[C@H]2CC[C@@H]1O2. The second-order valence-corrected chi connectivity index (χ2v) is 7.55. The molecule has 3 rings (SSSR count). The fourth-order valence-electron chi connectivity index (χ4n) is 4.37. The lowest BCUT2D eigenvalue weighted by molar-refractivity contribution is 0.0696. The van der Waals surface area contributed by atoms with Gasteiger partial charge in [0.25, 0.3) is 0 Å². The molecule has 2 N–H and O–H groups in total. The van der Waals surface area contributed by atoms with Gasteiger partial charge in [-0.2, -0.15) is 0 Å². The van der Waals surface area contributed by atoms with E-state index in [1.807, 2.05) is 12.1 Å². The summed E-state index contributed by atoms with van der Waals surface area (Å²) in [7, 11) is 0. The second kappa shape index (κ2) is 8.81. The van der Waals surface area contributed by atoms with Gasteiger partial charge in [0.15, 0.2) is 0 Å². The lowest BCUT2D eigenvalue weighted by Gasteiger charge is -2.29. The van der Waals surface area contributed by atoms with Gasteiger partial charge in [-0.1, -0.05) is 44.7 Å². The predicted octanol–water partition coefficient (Wildman–Crippen LogP) is 4.03. The summed E-state index contributed by atoms with van der Waals surface area (Å²) in [6, 6.07) is 7.78. The highest BCUT2D eigenvalue weighted by Gasteiger charge is 2.48. The summed E-state index contributed by atoms with van der Waals surface area (Å²) in [6.07, 6.45) is 10.6. The van der Waals surface area contributed by atoms with Gasteiger partial charge in [0.05, 0.1) is 17.8 Å². The lowest BCUT2D eigenvalue weighted by atomic mass is 9.80. The number of fused-ring (bicyclic) bond motifs is 2. The van der Waals surface area contributed by atoms with Gasteiger partial charge in [-0.3, -0.25) is 0 Å². The van der Waals surface area contributed by atoms with Crippen LogP contribution < -0.4 is 5.32 Å². The Labute approximate surface area is 151 Å². The summed E-state index contributed by atoms with van der Waals surface area (Å²) < 4.78 is 6.17. The first kappa shape index (κ1) is 18.4. The Morgan fingerprint density at radius 2 is 1.84 bits per heavy atom. The smallest absolute Gasteiger partial charge is 0.335 e. The molecule has 25 heavy (non-hydrogen) atoms. The summed E-state index contributed by atoms with van der Waals surface area (Å²) in [5.74, 6) is -0.359. The van der Waals surface area contributed by atoms with E-state index in [1.165, 1.54) is 44.1 Å². The summed E-state index contributed by atoms with van der Waals surface area (Å²) in [4.78, 5) is 11.0. The molecule has 0 unspecified atom stereocenters. The third-order valence-electron chi connectivity index (χ3n) is 5.76. The molecule has 4 atom stereocenters. The monoisotopic (exact) mass is 345 g/mol. The van der Waals surface area contributed by atoms with Crippen molar-refractivity contribution in [3.8, 4) is 0 Å². The first-order chi connectivity index (χ1) is 12.2. The molecule has 1 aromatic rings. The third kappa shape index (κ3) is 4.62. The van der Waals surface area contributed by atoms with Crippen molar-refractivity contribution in [3.63, 3.8) is 0 Å². The minimum Gasteiger partial charge on any atom is -0.478 e. The van der Waals surface area contributed by atoms with Crippen LogP contribution >= 0.6 is 0 Å². The summed E-state index contributed by atoms with van der Waals surface area (Å²) in [5.41, 5.74) is 1.57. The molecule has 2 aliphatic rings. The van der Waals surface area contributed by atoms with E-state index in [0.717, 1.165) is 19.4 Å². The highest BCUT2D eigenvalue weighted by molar-refractivity contribution is 5.87. The molecule has 0 spiro atoms. The van der Waals surface area contributed by atoms with E-state index >= 15 is 0 Å². The molecule has 2 bridgehead atoms. The number of carboxylic acid groups (broad SMARTS) is 1. The molecule has 0 amide bonds.